The number of methoxy groups -OCH3 is 1. The van der Waals surface area contributed by atoms with Gasteiger partial charge in [0.05, 0.1) is 12.0 Å². The Morgan fingerprint density at radius 1 is 1.43 bits per heavy atom. The highest BCUT2D eigenvalue weighted by atomic mass is 32.2. The molecule has 1 atom stereocenters. The first-order chi connectivity index (χ1) is 9.81. The second-order valence-electron chi connectivity index (χ2n) is 4.79. The van der Waals surface area contributed by atoms with Crippen molar-refractivity contribution < 1.29 is 23.1 Å². The van der Waals surface area contributed by atoms with Crippen LogP contribution in [0.2, 0.25) is 0 Å². The SMILES string of the molecule is CCCC[C@H](NS(=O)(=O)c1ccc(OC)c(C)c1)C(=O)O. The number of unbranched alkanes of at least 4 members (excludes halogenated alkanes) is 1. The van der Waals surface area contributed by atoms with E-state index in [0.29, 0.717) is 17.7 Å². The number of nitrogens with one attached hydrogen (secondary N) is 1. The number of rotatable bonds is 8. The predicted molar refractivity (Wildman–Crippen MR) is 79.0 cm³/mol. The predicted octanol–water partition coefficient (Wildman–Crippen LogP) is 1.93. The molecule has 2 N–H and O–H groups in total. The van der Waals surface area contributed by atoms with Crippen molar-refractivity contribution in [2.75, 3.05) is 7.11 Å². The molecular formula is C14H21NO5S. The molecule has 1 aromatic carbocycles. The number of hydrogen-bond donors (Lipinski definition) is 2. The van der Waals surface area contributed by atoms with Gasteiger partial charge in [-0.25, -0.2) is 8.42 Å². The van der Waals surface area contributed by atoms with Crippen LogP contribution in [0.4, 0.5) is 0 Å². The minimum Gasteiger partial charge on any atom is -0.496 e. The Balaban J connectivity index is 2.99. The summed E-state index contributed by atoms with van der Waals surface area (Å²) in [6.07, 6.45) is 1.70. The summed E-state index contributed by atoms with van der Waals surface area (Å²) in [4.78, 5) is 11.2. The van der Waals surface area contributed by atoms with Gasteiger partial charge in [0.2, 0.25) is 10.0 Å². The molecule has 0 heterocycles. The van der Waals surface area contributed by atoms with Gasteiger partial charge in [0.1, 0.15) is 11.8 Å². The Kier molecular flexibility index (Phi) is 6.17. The van der Waals surface area contributed by atoms with E-state index in [4.69, 9.17) is 9.84 Å². The highest BCUT2D eigenvalue weighted by Crippen LogP contribution is 2.21. The lowest BCUT2D eigenvalue weighted by Gasteiger charge is -2.15. The molecule has 0 aliphatic rings. The molecule has 21 heavy (non-hydrogen) atoms. The molecule has 0 aliphatic heterocycles. The van der Waals surface area contributed by atoms with E-state index in [2.05, 4.69) is 4.72 Å². The fourth-order valence-corrected chi connectivity index (χ4v) is 3.22. The van der Waals surface area contributed by atoms with E-state index in [0.717, 1.165) is 6.42 Å². The van der Waals surface area contributed by atoms with Crippen LogP contribution in [0.1, 0.15) is 31.7 Å². The summed E-state index contributed by atoms with van der Waals surface area (Å²) in [7, 11) is -2.37. The minimum absolute atomic E-state index is 0.0311. The van der Waals surface area contributed by atoms with Crippen molar-refractivity contribution >= 4 is 16.0 Å². The van der Waals surface area contributed by atoms with E-state index >= 15 is 0 Å². The molecule has 7 heteroatoms. The number of carboxylic acid groups (broad SMARTS) is 1. The Bertz CT molecular complexity index is 597. The molecule has 0 aromatic heterocycles. The van der Waals surface area contributed by atoms with E-state index < -0.39 is 22.0 Å². The van der Waals surface area contributed by atoms with Crippen LogP contribution in [-0.2, 0) is 14.8 Å². The first-order valence-corrected chi connectivity index (χ1v) is 8.20. The smallest absolute Gasteiger partial charge is 0.321 e. The van der Waals surface area contributed by atoms with Crippen LogP contribution in [0, 0.1) is 6.92 Å². The number of carbonyl (C=O) groups is 1. The van der Waals surface area contributed by atoms with Crippen molar-refractivity contribution in [3.63, 3.8) is 0 Å². The number of aryl methyl sites for hydroxylation is 1. The van der Waals surface area contributed by atoms with Gasteiger partial charge in [-0.1, -0.05) is 19.8 Å². The lowest BCUT2D eigenvalue weighted by molar-refractivity contribution is -0.139. The number of hydrogen-bond acceptors (Lipinski definition) is 4. The van der Waals surface area contributed by atoms with Crippen LogP contribution >= 0.6 is 0 Å². The zero-order valence-corrected chi connectivity index (χ0v) is 13.2. The first-order valence-electron chi connectivity index (χ1n) is 6.71. The third-order valence-corrected chi connectivity index (χ3v) is 4.59. The summed E-state index contributed by atoms with van der Waals surface area (Å²) in [5.74, 6) is -0.591. The second kappa shape index (κ2) is 7.42. The fraction of sp³-hybridized carbons (Fsp3) is 0.500. The Morgan fingerprint density at radius 3 is 2.57 bits per heavy atom. The van der Waals surface area contributed by atoms with E-state index in [-0.39, 0.29) is 11.3 Å². The van der Waals surface area contributed by atoms with Crippen molar-refractivity contribution in [2.24, 2.45) is 0 Å². The van der Waals surface area contributed by atoms with E-state index in [1.165, 1.54) is 19.2 Å². The molecule has 0 saturated heterocycles. The van der Waals surface area contributed by atoms with Gasteiger partial charge in [0, 0.05) is 0 Å². The monoisotopic (exact) mass is 315 g/mol. The minimum atomic E-state index is -3.87. The van der Waals surface area contributed by atoms with Crippen molar-refractivity contribution in [3.8, 4) is 5.75 Å². The summed E-state index contributed by atoms with van der Waals surface area (Å²) >= 11 is 0. The molecule has 0 radical (unpaired) electrons. The quantitative estimate of drug-likeness (QED) is 0.764. The molecule has 0 unspecified atom stereocenters. The Morgan fingerprint density at radius 2 is 2.10 bits per heavy atom. The fourth-order valence-electron chi connectivity index (χ4n) is 1.91. The third kappa shape index (κ3) is 4.71. The summed E-state index contributed by atoms with van der Waals surface area (Å²) in [5.41, 5.74) is 0.667. The van der Waals surface area contributed by atoms with Gasteiger partial charge < -0.3 is 9.84 Å². The van der Waals surface area contributed by atoms with Gasteiger partial charge in [-0.3, -0.25) is 4.79 Å². The molecule has 0 saturated carbocycles. The van der Waals surface area contributed by atoms with Crippen LogP contribution in [0.15, 0.2) is 23.1 Å². The van der Waals surface area contributed by atoms with Crippen molar-refractivity contribution in [1.82, 2.24) is 4.72 Å². The summed E-state index contributed by atoms with van der Waals surface area (Å²) in [6.45, 7) is 3.64. The number of sulfonamides is 1. The number of aliphatic carboxylic acids is 1. The molecule has 0 amide bonds. The standard InChI is InChI=1S/C14H21NO5S/c1-4-5-6-12(14(16)17)15-21(18,19)11-7-8-13(20-3)10(2)9-11/h7-9,12,15H,4-6H2,1-3H3,(H,16,17)/t12-/m0/s1. The van der Waals surface area contributed by atoms with Crippen LogP contribution in [0.3, 0.4) is 0 Å². The van der Waals surface area contributed by atoms with E-state index in [9.17, 15) is 13.2 Å². The lowest BCUT2D eigenvalue weighted by Crippen LogP contribution is -2.40. The zero-order chi connectivity index (χ0) is 16.0. The molecule has 0 aliphatic carbocycles. The zero-order valence-electron chi connectivity index (χ0n) is 12.4. The summed E-state index contributed by atoms with van der Waals surface area (Å²) in [6, 6.07) is 3.29. The molecule has 1 rings (SSSR count). The Hall–Kier alpha value is -1.60. The van der Waals surface area contributed by atoms with Crippen LogP contribution in [-0.4, -0.2) is 32.6 Å². The molecule has 1 aromatic rings. The largest absolute Gasteiger partial charge is 0.496 e. The van der Waals surface area contributed by atoms with E-state index in [1.807, 2.05) is 6.92 Å². The second-order valence-corrected chi connectivity index (χ2v) is 6.50. The number of ether oxygens (including phenoxy) is 1. The van der Waals surface area contributed by atoms with E-state index in [1.54, 1.807) is 13.0 Å². The summed E-state index contributed by atoms with van der Waals surface area (Å²) in [5, 5.41) is 9.10. The van der Waals surface area contributed by atoms with Crippen molar-refractivity contribution in [2.45, 2.75) is 44.0 Å². The molecule has 0 spiro atoms. The number of benzene rings is 1. The maximum Gasteiger partial charge on any atom is 0.321 e. The molecule has 6 nitrogen and oxygen atoms in total. The molecular weight excluding hydrogens is 294 g/mol. The average Bonchev–Trinajstić information content (AvgIpc) is 2.43. The molecule has 118 valence electrons. The van der Waals surface area contributed by atoms with Gasteiger partial charge in [-0.05, 0) is 37.1 Å². The van der Waals surface area contributed by atoms with Crippen molar-refractivity contribution in [3.05, 3.63) is 23.8 Å². The molecule has 0 bridgehead atoms. The third-order valence-electron chi connectivity index (χ3n) is 3.12. The maximum absolute atomic E-state index is 12.2. The normalized spacial score (nSPS) is 12.9. The highest BCUT2D eigenvalue weighted by Gasteiger charge is 2.25. The first kappa shape index (κ1) is 17.5. The van der Waals surface area contributed by atoms with Crippen LogP contribution < -0.4 is 9.46 Å². The Labute approximate surface area is 125 Å². The van der Waals surface area contributed by atoms with Crippen molar-refractivity contribution in [1.29, 1.82) is 0 Å². The van der Waals surface area contributed by atoms with Gasteiger partial charge in [-0.15, -0.1) is 0 Å². The highest BCUT2D eigenvalue weighted by molar-refractivity contribution is 7.89. The van der Waals surface area contributed by atoms with Gasteiger partial charge in [0.15, 0.2) is 0 Å². The van der Waals surface area contributed by atoms with Gasteiger partial charge in [0.25, 0.3) is 0 Å². The van der Waals surface area contributed by atoms with Crippen LogP contribution in [0.25, 0.3) is 0 Å². The average molecular weight is 315 g/mol. The van der Waals surface area contributed by atoms with Gasteiger partial charge in [-0.2, -0.15) is 4.72 Å². The lowest BCUT2D eigenvalue weighted by atomic mass is 10.1. The summed E-state index contributed by atoms with van der Waals surface area (Å²) < 4.78 is 31.8. The topological polar surface area (TPSA) is 92.7 Å². The van der Waals surface area contributed by atoms with Crippen LogP contribution in [0.5, 0.6) is 5.75 Å². The maximum atomic E-state index is 12.2. The number of carboxylic acids is 1. The molecule has 0 fully saturated rings. The van der Waals surface area contributed by atoms with Gasteiger partial charge >= 0.3 is 5.97 Å².